The topological polar surface area (TPSA) is 36.4 Å². The summed E-state index contributed by atoms with van der Waals surface area (Å²) in [7, 11) is 0. The third-order valence-electron chi connectivity index (χ3n) is 12.9. The zero-order valence-electron chi connectivity index (χ0n) is 35.1. The van der Waals surface area contributed by atoms with E-state index in [1.165, 1.54) is 87.6 Å². The number of hydrogen-bond donors (Lipinski definition) is 2. The van der Waals surface area contributed by atoms with Gasteiger partial charge >= 0.3 is 0 Å². The molecule has 0 spiro atoms. The van der Waals surface area contributed by atoms with Gasteiger partial charge in [-0.25, -0.2) is 4.99 Å². The van der Waals surface area contributed by atoms with Gasteiger partial charge in [0.05, 0.1) is 0 Å². The average Bonchev–Trinajstić information content (AvgIpc) is 3.38. The lowest BCUT2D eigenvalue weighted by molar-refractivity contribution is 0.409. The monoisotopic (exact) mass is 817 g/mol. The van der Waals surface area contributed by atoms with Gasteiger partial charge in [-0.05, 0) is 117 Å². The molecule has 0 saturated carbocycles. The lowest BCUT2D eigenvalue weighted by Crippen LogP contribution is -2.45. The van der Waals surface area contributed by atoms with Crippen molar-refractivity contribution in [3.05, 3.63) is 253 Å². The van der Waals surface area contributed by atoms with Crippen molar-refractivity contribution in [2.75, 3.05) is 0 Å². The first kappa shape index (κ1) is 37.6. The molecule has 0 aromatic heterocycles. The summed E-state index contributed by atoms with van der Waals surface area (Å²) in [6.07, 6.45) is -0.440. The fourth-order valence-corrected chi connectivity index (χ4v) is 9.69. The summed E-state index contributed by atoms with van der Waals surface area (Å²) >= 11 is 0. The van der Waals surface area contributed by atoms with Crippen LogP contribution in [0.1, 0.15) is 29.0 Å². The van der Waals surface area contributed by atoms with Crippen LogP contribution in [0.2, 0.25) is 0 Å². The molecular weight excluding hydrogens is 775 g/mol. The number of amidine groups is 1. The molecule has 0 aliphatic carbocycles. The third kappa shape index (κ3) is 6.89. The highest BCUT2D eigenvalue weighted by molar-refractivity contribution is 6.20. The van der Waals surface area contributed by atoms with Crippen LogP contribution in [0.5, 0.6) is 0 Å². The van der Waals surface area contributed by atoms with E-state index in [0.717, 1.165) is 22.5 Å². The molecule has 12 rings (SSSR count). The van der Waals surface area contributed by atoms with E-state index in [1.807, 2.05) is 0 Å². The van der Waals surface area contributed by atoms with E-state index in [2.05, 4.69) is 247 Å². The van der Waals surface area contributed by atoms with Crippen LogP contribution in [0.4, 0.5) is 0 Å². The molecule has 0 saturated heterocycles. The normalized spacial score (nSPS) is 15.0. The highest BCUT2D eigenvalue weighted by atomic mass is 15.3. The zero-order chi connectivity index (χ0) is 42.4. The molecule has 0 bridgehead atoms. The molecule has 0 amide bonds. The minimum Gasteiger partial charge on any atom is -0.350 e. The zero-order valence-corrected chi connectivity index (χ0v) is 35.1. The van der Waals surface area contributed by atoms with Gasteiger partial charge in [-0.15, -0.1) is 0 Å². The van der Waals surface area contributed by atoms with Crippen LogP contribution in [0.25, 0.3) is 87.6 Å². The summed E-state index contributed by atoms with van der Waals surface area (Å²) in [5.41, 5.74) is 12.9. The number of nitrogens with one attached hydrogen (secondary N) is 2. The fraction of sp³-hybridized carbons (Fsp3) is 0.0328. The van der Waals surface area contributed by atoms with E-state index in [1.54, 1.807) is 0 Å². The van der Waals surface area contributed by atoms with Gasteiger partial charge in [0.15, 0.2) is 0 Å². The molecule has 11 aromatic carbocycles. The second kappa shape index (κ2) is 16.0. The van der Waals surface area contributed by atoms with Crippen LogP contribution < -0.4 is 10.6 Å². The molecule has 64 heavy (non-hydrogen) atoms. The molecule has 302 valence electrons. The Bertz CT molecular complexity index is 3540. The first-order valence-electron chi connectivity index (χ1n) is 22.1. The maximum Gasteiger partial charge on any atom is 0.131 e. The van der Waals surface area contributed by atoms with Crippen molar-refractivity contribution in [2.24, 2.45) is 4.99 Å². The lowest BCUT2D eigenvalue weighted by Gasteiger charge is -2.33. The van der Waals surface area contributed by atoms with Gasteiger partial charge in [-0.3, -0.25) is 5.32 Å². The highest BCUT2D eigenvalue weighted by Crippen LogP contribution is 2.41. The molecule has 3 heteroatoms. The van der Waals surface area contributed by atoms with Gasteiger partial charge in [-0.2, -0.15) is 0 Å². The average molecular weight is 818 g/mol. The van der Waals surface area contributed by atoms with Crippen molar-refractivity contribution in [2.45, 2.75) is 12.3 Å². The first-order chi connectivity index (χ1) is 31.7. The number of benzene rings is 11. The molecule has 1 heterocycles. The Kier molecular flexibility index (Phi) is 9.39. The Morgan fingerprint density at radius 1 is 0.328 bits per heavy atom. The summed E-state index contributed by atoms with van der Waals surface area (Å²) in [6, 6.07) is 85.6. The van der Waals surface area contributed by atoms with Crippen molar-refractivity contribution in [3.63, 3.8) is 0 Å². The van der Waals surface area contributed by atoms with Crippen LogP contribution in [0, 0.1) is 0 Å². The molecule has 3 nitrogen and oxygen atoms in total. The Balaban J connectivity index is 0.880. The van der Waals surface area contributed by atoms with E-state index in [4.69, 9.17) is 4.99 Å². The van der Waals surface area contributed by atoms with Gasteiger partial charge in [-0.1, -0.05) is 218 Å². The van der Waals surface area contributed by atoms with Crippen molar-refractivity contribution in [3.8, 4) is 44.5 Å². The largest absolute Gasteiger partial charge is 0.350 e. The number of nitrogens with zero attached hydrogens (tertiary/aromatic N) is 1. The van der Waals surface area contributed by atoms with Crippen LogP contribution in [-0.4, -0.2) is 5.84 Å². The quantitative estimate of drug-likeness (QED) is 0.124. The molecule has 2 atom stereocenters. The predicted molar refractivity (Wildman–Crippen MR) is 269 cm³/mol. The molecule has 2 unspecified atom stereocenters. The van der Waals surface area contributed by atoms with E-state index in [-0.39, 0.29) is 12.3 Å². The van der Waals surface area contributed by atoms with Crippen molar-refractivity contribution in [1.82, 2.24) is 10.6 Å². The Morgan fingerprint density at radius 2 is 0.875 bits per heavy atom. The third-order valence-corrected chi connectivity index (χ3v) is 12.9. The SMILES string of the molecule is c1ccc(-c2ccc(C3N=C(c4ccc(-c5ccc6cc(-c7c8ccccc8cc8c7ccc7ccccc78)ccc6c5)cc4)NC(c4ccccc4-c4ccccc4)N3)cc2)cc1. The molecule has 0 radical (unpaired) electrons. The molecule has 11 aromatic rings. The first-order valence-corrected chi connectivity index (χ1v) is 22.1. The van der Waals surface area contributed by atoms with E-state index in [0.29, 0.717) is 0 Å². The number of rotatable bonds is 7. The van der Waals surface area contributed by atoms with E-state index >= 15 is 0 Å². The Hall–Kier alpha value is -8.11. The minimum absolute atomic E-state index is 0.182. The predicted octanol–water partition coefficient (Wildman–Crippen LogP) is 15.3. The van der Waals surface area contributed by atoms with Gasteiger partial charge in [0, 0.05) is 5.56 Å². The van der Waals surface area contributed by atoms with Crippen molar-refractivity contribution < 1.29 is 0 Å². The van der Waals surface area contributed by atoms with Crippen molar-refractivity contribution >= 4 is 48.9 Å². The number of hydrogen-bond acceptors (Lipinski definition) is 3. The lowest BCUT2D eigenvalue weighted by atomic mass is 9.89. The van der Waals surface area contributed by atoms with Gasteiger partial charge in [0.25, 0.3) is 0 Å². The van der Waals surface area contributed by atoms with Gasteiger partial charge in [0.2, 0.25) is 0 Å². The highest BCUT2D eigenvalue weighted by Gasteiger charge is 2.27. The summed E-state index contributed by atoms with van der Waals surface area (Å²) in [4.78, 5) is 5.33. The Morgan fingerprint density at radius 3 is 1.66 bits per heavy atom. The van der Waals surface area contributed by atoms with Crippen molar-refractivity contribution in [1.29, 1.82) is 0 Å². The van der Waals surface area contributed by atoms with E-state index < -0.39 is 0 Å². The smallest absolute Gasteiger partial charge is 0.131 e. The van der Waals surface area contributed by atoms with Crippen LogP contribution in [-0.2, 0) is 0 Å². The summed E-state index contributed by atoms with van der Waals surface area (Å²) in [5.74, 6) is 0.857. The van der Waals surface area contributed by atoms with Gasteiger partial charge < -0.3 is 5.32 Å². The standard InChI is InChI=1S/C61H43N3/c1-3-13-40(14-4-1)41-23-27-45(28-24-41)59-62-60(64-61(63-59)56-22-12-11-19-52(56)43-15-5-2-6-16-43)46-29-25-42(26-30-46)47-31-32-49-38-51(34-33-48(49)37-47)58-54-21-10-8-18-50(54)39-57-53-20-9-7-17-44(53)35-36-55(57)58/h1-39,59,61,63H,(H,62,64). The molecular formula is C61H43N3. The van der Waals surface area contributed by atoms with Gasteiger partial charge in [0.1, 0.15) is 18.2 Å². The van der Waals surface area contributed by atoms with E-state index in [9.17, 15) is 0 Å². The Labute approximate surface area is 373 Å². The summed E-state index contributed by atoms with van der Waals surface area (Å²) < 4.78 is 0. The number of aliphatic imine (C=N–C) groups is 1. The second-order valence-corrected chi connectivity index (χ2v) is 16.8. The van der Waals surface area contributed by atoms with Crippen LogP contribution in [0.15, 0.2) is 242 Å². The minimum atomic E-state index is -0.258. The summed E-state index contributed by atoms with van der Waals surface area (Å²) in [6.45, 7) is 0. The second-order valence-electron chi connectivity index (χ2n) is 16.8. The maximum absolute atomic E-state index is 5.33. The number of fused-ring (bicyclic) bond motifs is 5. The van der Waals surface area contributed by atoms with Crippen LogP contribution >= 0.6 is 0 Å². The molecule has 2 N–H and O–H groups in total. The molecule has 1 aliphatic heterocycles. The molecule has 1 aliphatic rings. The van der Waals surface area contributed by atoms with Crippen LogP contribution in [0.3, 0.4) is 0 Å². The fourth-order valence-electron chi connectivity index (χ4n) is 9.69. The summed E-state index contributed by atoms with van der Waals surface area (Å²) in [5, 5.41) is 17.7. The molecule has 0 fully saturated rings. The maximum atomic E-state index is 5.33.